The van der Waals surface area contributed by atoms with E-state index in [2.05, 4.69) is 30.0 Å². The third kappa shape index (κ3) is 3.01. The van der Waals surface area contributed by atoms with Crippen LogP contribution in [-0.2, 0) is 6.42 Å². The second kappa shape index (κ2) is 5.53. The average Bonchev–Trinajstić information content (AvgIpc) is 2.80. The number of aliphatic hydroxyl groups is 1. The molecule has 4 heteroatoms. The van der Waals surface area contributed by atoms with Crippen molar-refractivity contribution in [2.75, 3.05) is 0 Å². The highest BCUT2D eigenvalue weighted by Crippen LogP contribution is 2.22. The summed E-state index contributed by atoms with van der Waals surface area (Å²) in [6.07, 6.45) is 1.50. The van der Waals surface area contributed by atoms with Crippen LogP contribution < -0.4 is 0 Å². The highest BCUT2D eigenvalue weighted by Gasteiger charge is 2.16. The van der Waals surface area contributed by atoms with E-state index in [0.717, 1.165) is 22.5 Å². The molecule has 0 aliphatic heterocycles. The van der Waals surface area contributed by atoms with Crippen molar-refractivity contribution in [3.05, 3.63) is 47.0 Å². The summed E-state index contributed by atoms with van der Waals surface area (Å²) in [5.74, 6) is 0.823. The van der Waals surface area contributed by atoms with E-state index in [9.17, 15) is 5.11 Å². The molecule has 2 aromatic rings. The van der Waals surface area contributed by atoms with Gasteiger partial charge in [-0.1, -0.05) is 23.8 Å². The van der Waals surface area contributed by atoms with E-state index < -0.39 is 6.10 Å². The molecule has 0 bridgehead atoms. The first-order valence-corrected chi connectivity index (χ1v) is 6.62. The molecule has 1 atom stereocenters. The van der Waals surface area contributed by atoms with Gasteiger partial charge in [-0.3, -0.25) is 0 Å². The minimum Gasteiger partial charge on any atom is -0.388 e. The van der Waals surface area contributed by atoms with Crippen LogP contribution in [0.15, 0.2) is 24.5 Å². The van der Waals surface area contributed by atoms with Crippen LogP contribution >= 0.6 is 0 Å². The number of aliphatic hydroxyl groups excluding tert-OH is 1. The van der Waals surface area contributed by atoms with Gasteiger partial charge in [-0.25, -0.2) is 9.67 Å². The molecule has 19 heavy (non-hydrogen) atoms. The first-order chi connectivity index (χ1) is 8.99. The molecule has 0 aliphatic rings. The summed E-state index contributed by atoms with van der Waals surface area (Å²) >= 11 is 0. The van der Waals surface area contributed by atoms with Gasteiger partial charge in [0.05, 0.1) is 6.10 Å². The number of benzene rings is 1. The van der Waals surface area contributed by atoms with Crippen molar-refractivity contribution in [3.8, 4) is 0 Å². The predicted molar refractivity (Wildman–Crippen MR) is 75.0 cm³/mol. The second-order valence-corrected chi connectivity index (χ2v) is 5.29. The fourth-order valence-corrected chi connectivity index (χ4v) is 2.25. The summed E-state index contributed by atoms with van der Waals surface area (Å²) in [5, 5.41) is 14.6. The highest BCUT2D eigenvalue weighted by molar-refractivity contribution is 5.32. The Morgan fingerprint density at radius 2 is 2.00 bits per heavy atom. The van der Waals surface area contributed by atoms with Crippen molar-refractivity contribution in [2.45, 2.75) is 46.3 Å². The van der Waals surface area contributed by atoms with E-state index in [0.29, 0.717) is 6.42 Å². The predicted octanol–water partition coefficient (Wildman–Crippen LogP) is 2.75. The van der Waals surface area contributed by atoms with Gasteiger partial charge in [-0.2, -0.15) is 5.10 Å². The number of aromatic nitrogens is 3. The largest absolute Gasteiger partial charge is 0.388 e. The van der Waals surface area contributed by atoms with Crippen LogP contribution in [-0.4, -0.2) is 19.9 Å². The molecule has 1 aromatic heterocycles. The number of nitrogens with zero attached hydrogens (tertiary/aromatic N) is 3. The topological polar surface area (TPSA) is 50.9 Å². The summed E-state index contributed by atoms with van der Waals surface area (Å²) in [6.45, 7) is 8.17. The lowest BCUT2D eigenvalue weighted by molar-refractivity contribution is 0.172. The van der Waals surface area contributed by atoms with Crippen molar-refractivity contribution >= 4 is 0 Å². The van der Waals surface area contributed by atoms with Crippen molar-refractivity contribution in [2.24, 2.45) is 0 Å². The fraction of sp³-hybridized carbons (Fsp3) is 0.467. The number of rotatable bonds is 4. The Morgan fingerprint density at radius 1 is 1.26 bits per heavy atom. The molecule has 1 aromatic carbocycles. The monoisotopic (exact) mass is 259 g/mol. The Balaban J connectivity index is 2.23. The maximum Gasteiger partial charge on any atom is 0.138 e. The minimum atomic E-state index is -0.540. The van der Waals surface area contributed by atoms with Crippen LogP contribution in [0.25, 0.3) is 0 Å². The Hall–Kier alpha value is -1.68. The molecule has 102 valence electrons. The Morgan fingerprint density at radius 3 is 2.68 bits per heavy atom. The zero-order chi connectivity index (χ0) is 14.0. The van der Waals surface area contributed by atoms with Crippen LogP contribution in [0.1, 0.15) is 48.5 Å². The Bertz CT molecular complexity index is 560. The van der Waals surface area contributed by atoms with Gasteiger partial charge in [0.25, 0.3) is 0 Å². The van der Waals surface area contributed by atoms with Gasteiger partial charge in [0, 0.05) is 12.5 Å². The maximum atomic E-state index is 10.4. The first kappa shape index (κ1) is 13.7. The van der Waals surface area contributed by atoms with Crippen LogP contribution in [0, 0.1) is 13.8 Å². The van der Waals surface area contributed by atoms with Gasteiger partial charge in [-0.15, -0.1) is 0 Å². The smallest absolute Gasteiger partial charge is 0.138 e. The number of hydrogen-bond donors (Lipinski definition) is 1. The number of aryl methyl sites for hydroxylation is 2. The van der Waals surface area contributed by atoms with Crippen molar-refractivity contribution in [1.29, 1.82) is 0 Å². The zero-order valence-corrected chi connectivity index (χ0v) is 12.0. The van der Waals surface area contributed by atoms with Gasteiger partial charge in [0.2, 0.25) is 0 Å². The summed E-state index contributed by atoms with van der Waals surface area (Å²) in [7, 11) is 0. The van der Waals surface area contributed by atoms with E-state index in [1.54, 1.807) is 6.33 Å². The third-order valence-corrected chi connectivity index (χ3v) is 3.31. The van der Waals surface area contributed by atoms with E-state index in [4.69, 9.17) is 0 Å². The van der Waals surface area contributed by atoms with Crippen LogP contribution in [0.4, 0.5) is 0 Å². The summed E-state index contributed by atoms with van der Waals surface area (Å²) in [5.41, 5.74) is 3.23. The van der Waals surface area contributed by atoms with Crippen LogP contribution in [0.3, 0.4) is 0 Å². The lowest BCUT2D eigenvalue weighted by Crippen LogP contribution is -2.13. The van der Waals surface area contributed by atoms with Gasteiger partial charge < -0.3 is 5.11 Å². The zero-order valence-electron chi connectivity index (χ0n) is 12.0. The highest BCUT2D eigenvalue weighted by atomic mass is 16.3. The molecule has 0 radical (unpaired) electrons. The Labute approximate surface area is 114 Å². The molecule has 0 spiro atoms. The molecule has 1 heterocycles. The first-order valence-electron chi connectivity index (χ1n) is 6.62. The molecular formula is C15H21N3O. The molecule has 4 nitrogen and oxygen atoms in total. The summed E-state index contributed by atoms with van der Waals surface area (Å²) in [6, 6.07) is 6.39. The Kier molecular flexibility index (Phi) is 4.00. The van der Waals surface area contributed by atoms with Crippen molar-refractivity contribution in [1.82, 2.24) is 14.8 Å². The quantitative estimate of drug-likeness (QED) is 0.918. The molecule has 2 rings (SSSR count). The molecule has 0 amide bonds. The van der Waals surface area contributed by atoms with E-state index in [-0.39, 0.29) is 6.04 Å². The molecular weight excluding hydrogens is 238 g/mol. The summed E-state index contributed by atoms with van der Waals surface area (Å²) in [4.78, 5) is 4.25. The summed E-state index contributed by atoms with van der Waals surface area (Å²) < 4.78 is 1.86. The van der Waals surface area contributed by atoms with Gasteiger partial charge in [0.15, 0.2) is 0 Å². The van der Waals surface area contributed by atoms with E-state index >= 15 is 0 Å². The van der Waals surface area contributed by atoms with E-state index in [1.807, 2.05) is 30.7 Å². The van der Waals surface area contributed by atoms with Crippen molar-refractivity contribution in [3.63, 3.8) is 0 Å². The molecule has 0 saturated heterocycles. The third-order valence-electron chi connectivity index (χ3n) is 3.31. The molecule has 0 saturated carbocycles. The van der Waals surface area contributed by atoms with Crippen molar-refractivity contribution < 1.29 is 5.11 Å². The van der Waals surface area contributed by atoms with Crippen LogP contribution in [0.5, 0.6) is 0 Å². The lowest BCUT2D eigenvalue weighted by atomic mass is 9.98. The maximum absolute atomic E-state index is 10.4. The lowest BCUT2D eigenvalue weighted by Gasteiger charge is -2.16. The molecule has 0 aliphatic carbocycles. The standard InChI is InChI=1S/C15H21N3O/c1-10(2)18-15(16-9-17-18)8-14(19)13-7-11(3)5-6-12(13)4/h5-7,9-10,14,19H,8H2,1-4H3. The van der Waals surface area contributed by atoms with Gasteiger partial charge in [-0.05, 0) is 38.8 Å². The molecule has 0 fully saturated rings. The average molecular weight is 259 g/mol. The van der Waals surface area contributed by atoms with Crippen LogP contribution in [0.2, 0.25) is 0 Å². The fourth-order valence-electron chi connectivity index (χ4n) is 2.25. The second-order valence-electron chi connectivity index (χ2n) is 5.29. The SMILES string of the molecule is Cc1ccc(C)c(C(O)Cc2ncnn2C(C)C)c1. The molecule has 1 N–H and O–H groups in total. The minimum absolute atomic E-state index is 0.253. The van der Waals surface area contributed by atoms with Gasteiger partial charge >= 0.3 is 0 Å². The number of hydrogen-bond acceptors (Lipinski definition) is 3. The normalized spacial score (nSPS) is 12.9. The van der Waals surface area contributed by atoms with E-state index in [1.165, 1.54) is 0 Å². The van der Waals surface area contributed by atoms with Gasteiger partial charge in [0.1, 0.15) is 12.2 Å². The molecule has 1 unspecified atom stereocenters.